The molecule has 1 aliphatic carbocycles. The molecule has 8 nitrogen and oxygen atoms in total. The summed E-state index contributed by atoms with van der Waals surface area (Å²) in [6.45, 7) is 19.2. The monoisotopic (exact) mass is 708 g/mol. The molecule has 2 aromatic rings. The Labute approximate surface area is 304 Å². The fraction of sp³-hybridized carbons (Fsp3) is 0.610. The van der Waals surface area contributed by atoms with Crippen LogP contribution in [0.3, 0.4) is 0 Å². The van der Waals surface area contributed by atoms with Crippen LogP contribution in [0, 0.1) is 11.3 Å². The standard InChI is InChI=1S/C41H57ClN2O6/c1-10-12-28-19-32(42)14-15-33(28)31-23-43(34-20-29(13-16-35(34)48-24-31)37(45)49-39(3,4)5)18-17-27(11-2)36(47-9)30-21-41(22-30)25-44(26-41)38(46)50-40(6,7)8/h13-16,19-21,27,31,36H,10-12,17-18,22-26H2,1-9H3. The molecule has 1 amide bonds. The number of hydrogen-bond donors (Lipinski definition) is 0. The third kappa shape index (κ3) is 8.97. The number of anilines is 1. The molecule has 2 aromatic carbocycles. The first-order valence-electron chi connectivity index (χ1n) is 18.3. The molecule has 2 aliphatic heterocycles. The van der Waals surface area contributed by atoms with Crippen molar-refractivity contribution in [3.63, 3.8) is 0 Å². The zero-order chi connectivity index (χ0) is 36.4. The van der Waals surface area contributed by atoms with Crippen LogP contribution in [0.1, 0.15) is 108 Å². The van der Waals surface area contributed by atoms with Crippen molar-refractivity contribution in [2.24, 2.45) is 11.3 Å². The molecular weight excluding hydrogens is 652 g/mol. The third-order valence-electron chi connectivity index (χ3n) is 9.93. The van der Waals surface area contributed by atoms with Gasteiger partial charge in [-0.05, 0) is 114 Å². The number of halogens is 1. The molecule has 5 rings (SSSR count). The number of fused-ring (bicyclic) bond motifs is 1. The minimum atomic E-state index is -0.596. The Balaban J connectivity index is 1.36. The van der Waals surface area contributed by atoms with Gasteiger partial charge in [-0.15, -0.1) is 0 Å². The van der Waals surface area contributed by atoms with E-state index < -0.39 is 11.2 Å². The molecule has 2 heterocycles. The Morgan fingerprint density at radius 3 is 2.34 bits per heavy atom. The van der Waals surface area contributed by atoms with Crippen molar-refractivity contribution in [2.75, 3.05) is 44.8 Å². The summed E-state index contributed by atoms with van der Waals surface area (Å²) in [5, 5.41) is 0.747. The number of hydrogen-bond acceptors (Lipinski definition) is 7. The van der Waals surface area contributed by atoms with Gasteiger partial charge < -0.3 is 28.7 Å². The van der Waals surface area contributed by atoms with E-state index in [1.54, 1.807) is 18.1 Å². The van der Waals surface area contributed by atoms with Gasteiger partial charge >= 0.3 is 12.1 Å². The molecule has 0 aromatic heterocycles. The molecule has 9 heteroatoms. The Hall–Kier alpha value is -3.23. The van der Waals surface area contributed by atoms with Crippen molar-refractivity contribution in [2.45, 2.75) is 111 Å². The zero-order valence-corrected chi connectivity index (χ0v) is 32.3. The third-order valence-corrected chi connectivity index (χ3v) is 10.2. The van der Waals surface area contributed by atoms with Crippen LogP contribution in [0.5, 0.6) is 5.75 Å². The molecule has 274 valence electrons. The number of ether oxygens (including phenoxy) is 4. The highest BCUT2D eigenvalue weighted by Crippen LogP contribution is 2.50. The fourth-order valence-electron chi connectivity index (χ4n) is 7.68. The number of aryl methyl sites for hydroxylation is 1. The molecule has 0 N–H and O–H groups in total. The van der Waals surface area contributed by atoms with Gasteiger partial charge in [0.25, 0.3) is 0 Å². The van der Waals surface area contributed by atoms with Crippen LogP contribution in [0.15, 0.2) is 48.0 Å². The molecule has 1 fully saturated rings. The van der Waals surface area contributed by atoms with Gasteiger partial charge in [-0.2, -0.15) is 0 Å². The summed E-state index contributed by atoms with van der Waals surface area (Å²) in [7, 11) is 1.81. The number of amides is 1. The summed E-state index contributed by atoms with van der Waals surface area (Å²) in [6.07, 6.45) is 6.87. The minimum absolute atomic E-state index is 0.000201. The van der Waals surface area contributed by atoms with E-state index in [1.165, 1.54) is 16.7 Å². The van der Waals surface area contributed by atoms with Crippen molar-refractivity contribution in [3.8, 4) is 5.75 Å². The Kier molecular flexibility index (Phi) is 11.5. The number of carbonyl (C=O) groups excluding carboxylic acids is 2. The van der Waals surface area contributed by atoms with E-state index in [9.17, 15) is 9.59 Å². The number of benzene rings is 2. The predicted molar refractivity (Wildman–Crippen MR) is 200 cm³/mol. The second-order valence-electron chi connectivity index (χ2n) is 16.4. The topological polar surface area (TPSA) is 77.5 Å². The summed E-state index contributed by atoms with van der Waals surface area (Å²) in [4.78, 5) is 29.9. The molecule has 0 bridgehead atoms. The second kappa shape index (κ2) is 15.2. The Bertz CT molecular complexity index is 1570. The van der Waals surface area contributed by atoms with Gasteiger partial charge in [0.15, 0.2) is 0 Å². The lowest BCUT2D eigenvalue weighted by Gasteiger charge is -2.55. The fourth-order valence-corrected chi connectivity index (χ4v) is 7.87. The van der Waals surface area contributed by atoms with E-state index in [0.29, 0.717) is 25.3 Å². The lowest BCUT2D eigenvalue weighted by molar-refractivity contribution is -0.0308. The average Bonchev–Trinajstić information content (AvgIpc) is 3.16. The van der Waals surface area contributed by atoms with E-state index in [-0.39, 0.29) is 35.4 Å². The van der Waals surface area contributed by atoms with Crippen LogP contribution in [-0.4, -0.2) is 74.2 Å². The van der Waals surface area contributed by atoms with Crippen LogP contribution in [0.25, 0.3) is 0 Å². The maximum absolute atomic E-state index is 13.2. The van der Waals surface area contributed by atoms with Gasteiger partial charge in [-0.25, -0.2) is 9.59 Å². The maximum atomic E-state index is 13.2. The highest BCUT2D eigenvalue weighted by Gasteiger charge is 2.51. The van der Waals surface area contributed by atoms with Crippen LogP contribution in [-0.2, 0) is 20.6 Å². The Morgan fingerprint density at radius 1 is 1.02 bits per heavy atom. The van der Waals surface area contributed by atoms with Crippen molar-refractivity contribution in [1.82, 2.24) is 4.90 Å². The van der Waals surface area contributed by atoms with Gasteiger partial charge in [0, 0.05) is 49.6 Å². The average molecular weight is 709 g/mol. The van der Waals surface area contributed by atoms with Crippen LogP contribution in [0.2, 0.25) is 5.02 Å². The van der Waals surface area contributed by atoms with E-state index in [1.807, 2.05) is 59.7 Å². The van der Waals surface area contributed by atoms with Crippen LogP contribution >= 0.6 is 11.6 Å². The lowest BCUT2D eigenvalue weighted by Crippen LogP contribution is -2.61. The maximum Gasteiger partial charge on any atom is 0.410 e. The molecule has 1 spiro atoms. The quantitative estimate of drug-likeness (QED) is 0.170. The molecular formula is C41H57ClN2O6. The van der Waals surface area contributed by atoms with Gasteiger partial charge in [-0.1, -0.05) is 50.4 Å². The minimum Gasteiger partial charge on any atom is -0.491 e. The van der Waals surface area contributed by atoms with Crippen molar-refractivity contribution in [3.05, 3.63) is 69.8 Å². The number of carbonyl (C=O) groups is 2. The number of likely N-dealkylation sites (tertiary alicyclic amines) is 1. The second-order valence-corrected chi connectivity index (χ2v) is 16.9. The number of esters is 1. The first kappa shape index (κ1) is 38.0. The van der Waals surface area contributed by atoms with Crippen LogP contribution in [0.4, 0.5) is 10.5 Å². The summed E-state index contributed by atoms with van der Waals surface area (Å²) in [6, 6.07) is 11.9. The summed E-state index contributed by atoms with van der Waals surface area (Å²) in [5.41, 5.74) is 4.18. The van der Waals surface area contributed by atoms with Gasteiger partial charge in [-0.3, -0.25) is 0 Å². The molecule has 3 atom stereocenters. The number of methoxy groups -OCH3 is 1. The van der Waals surface area contributed by atoms with Crippen molar-refractivity contribution < 1.29 is 28.5 Å². The van der Waals surface area contributed by atoms with Crippen molar-refractivity contribution in [1.29, 1.82) is 0 Å². The molecule has 3 aliphatic rings. The van der Waals surface area contributed by atoms with Gasteiger partial charge in [0.05, 0.1) is 24.0 Å². The summed E-state index contributed by atoms with van der Waals surface area (Å²) < 4.78 is 24.0. The summed E-state index contributed by atoms with van der Waals surface area (Å²) >= 11 is 6.45. The predicted octanol–water partition coefficient (Wildman–Crippen LogP) is 9.23. The van der Waals surface area contributed by atoms with E-state index in [0.717, 1.165) is 61.7 Å². The largest absolute Gasteiger partial charge is 0.491 e. The smallest absolute Gasteiger partial charge is 0.410 e. The molecule has 3 unspecified atom stereocenters. The SMILES string of the molecule is CCCc1cc(Cl)ccc1C1COc2ccc(C(=O)OC(C)(C)C)cc2N(CCC(CC)C(OC)C2=CC3(C2)CN(C(=O)OC(C)(C)C)C3)C1. The number of rotatable bonds is 11. The van der Waals surface area contributed by atoms with Crippen LogP contribution < -0.4 is 9.64 Å². The molecule has 0 radical (unpaired) electrons. The number of nitrogens with zero attached hydrogens (tertiary/aromatic N) is 2. The van der Waals surface area contributed by atoms with Crippen molar-refractivity contribution >= 4 is 29.4 Å². The van der Waals surface area contributed by atoms with E-state index in [4.69, 9.17) is 30.5 Å². The molecule has 1 saturated heterocycles. The summed E-state index contributed by atoms with van der Waals surface area (Å²) in [5.74, 6) is 0.828. The zero-order valence-electron chi connectivity index (χ0n) is 31.6. The van der Waals surface area contributed by atoms with Gasteiger partial charge in [0.1, 0.15) is 17.0 Å². The van der Waals surface area contributed by atoms with Gasteiger partial charge in [0.2, 0.25) is 0 Å². The van der Waals surface area contributed by atoms with E-state index >= 15 is 0 Å². The first-order chi connectivity index (χ1) is 23.5. The lowest BCUT2D eigenvalue weighted by atomic mass is 9.63. The Morgan fingerprint density at radius 2 is 1.72 bits per heavy atom. The molecule has 0 saturated carbocycles. The highest BCUT2D eigenvalue weighted by atomic mass is 35.5. The normalized spacial score (nSPS) is 19.6. The highest BCUT2D eigenvalue weighted by molar-refractivity contribution is 6.30. The van der Waals surface area contributed by atoms with E-state index in [2.05, 4.69) is 37.0 Å². The molecule has 50 heavy (non-hydrogen) atoms. The first-order valence-corrected chi connectivity index (χ1v) is 18.7.